The Bertz CT molecular complexity index is 907. The molecule has 0 N–H and O–H groups in total. The fraction of sp³-hybridized carbons (Fsp3) is 0.286. The monoisotopic (exact) mass is 368 g/mol. The largest absolute Gasteiger partial charge is 0.492 e. The molecular formula is C21H21FN2OS. The maximum Gasteiger partial charge on any atom is 0.123 e. The molecule has 0 bridgehead atoms. The number of benzene rings is 2. The highest BCUT2D eigenvalue weighted by molar-refractivity contribution is 7.09. The SMILES string of the molecule is Cc1ncsc1CN1Cc2cc(-c3ccc(F)cc3)ccc2OC[C@@H]1C. The van der Waals surface area contributed by atoms with Crippen LogP contribution in [0.25, 0.3) is 11.1 Å². The van der Waals surface area contributed by atoms with Gasteiger partial charge >= 0.3 is 0 Å². The summed E-state index contributed by atoms with van der Waals surface area (Å²) in [6.07, 6.45) is 0. The van der Waals surface area contributed by atoms with E-state index in [1.54, 1.807) is 11.3 Å². The summed E-state index contributed by atoms with van der Waals surface area (Å²) in [7, 11) is 0. The summed E-state index contributed by atoms with van der Waals surface area (Å²) in [5.41, 5.74) is 6.27. The molecule has 2 heterocycles. The highest BCUT2D eigenvalue weighted by atomic mass is 32.1. The molecule has 0 amide bonds. The van der Waals surface area contributed by atoms with E-state index in [1.165, 1.54) is 22.6 Å². The summed E-state index contributed by atoms with van der Waals surface area (Å²) in [5.74, 6) is 0.720. The molecule has 0 saturated heterocycles. The van der Waals surface area contributed by atoms with E-state index in [2.05, 4.69) is 29.8 Å². The number of halogens is 1. The maximum atomic E-state index is 13.2. The topological polar surface area (TPSA) is 25.4 Å². The quantitative estimate of drug-likeness (QED) is 0.647. The Morgan fingerprint density at radius 1 is 1.19 bits per heavy atom. The first kappa shape index (κ1) is 17.2. The Hall–Kier alpha value is -2.24. The lowest BCUT2D eigenvalue weighted by molar-refractivity contribution is 0.152. The maximum absolute atomic E-state index is 13.2. The second-order valence-electron chi connectivity index (χ2n) is 6.76. The van der Waals surface area contributed by atoms with Crippen LogP contribution in [0.15, 0.2) is 48.0 Å². The predicted molar refractivity (Wildman–Crippen MR) is 103 cm³/mol. The van der Waals surface area contributed by atoms with Crippen LogP contribution in [0.3, 0.4) is 0 Å². The average Bonchev–Trinajstić information content (AvgIpc) is 2.97. The molecule has 0 fully saturated rings. The van der Waals surface area contributed by atoms with Crippen molar-refractivity contribution < 1.29 is 9.13 Å². The van der Waals surface area contributed by atoms with Gasteiger partial charge in [0.15, 0.2) is 0 Å². The summed E-state index contributed by atoms with van der Waals surface area (Å²) in [6, 6.07) is 13.2. The molecular weight excluding hydrogens is 347 g/mol. The molecule has 2 aromatic carbocycles. The Morgan fingerprint density at radius 3 is 2.69 bits per heavy atom. The van der Waals surface area contributed by atoms with Crippen molar-refractivity contribution in [3.63, 3.8) is 0 Å². The number of hydrogen-bond donors (Lipinski definition) is 0. The van der Waals surface area contributed by atoms with Crippen molar-refractivity contribution in [2.45, 2.75) is 33.0 Å². The minimum absolute atomic E-state index is 0.216. The van der Waals surface area contributed by atoms with Crippen molar-refractivity contribution in [3.05, 3.63) is 69.9 Å². The second-order valence-corrected chi connectivity index (χ2v) is 7.69. The van der Waals surface area contributed by atoms with E-state index < -0.39 is 0 Å². The molecule has 1 atom stereocenters. The molecule has 0 unspecified atom stereocenters. The molecule has 0 saturated carbocycles. The van der Waals surface area contributed by atoms with Crippen LogP contribution in [-0.2, 0) is 13.1 Å². The lowest BCUT2D eigenvalue weighted by Crippen LogP contribution is -2.34. The zero-order valence-corrected chi connectivity index (χ0v) is 15.7. The van der Waals surface area contributed by atoms with E-state index >= 15 is 0 Å². The van der Waals surface area contributed by atoms with Crippen LogP contribution in [0.1, 0.15) is 23.1 Å². The van der Waals surface area contributed by atoms with Gasteiger partial charge in [-0.1, -0.05) is 18.2 Å². The van der Waals surface area contributed by atoms with E-state index in [9.17, 15) is 4.39 Å². The Kier molecular flexibility index (Phi) is 4.74. The van der Waals surface area contributed by atoms with Gasteiger partial charge in [0.2, 0.25) is 0 Å². The molecule has 0 spiro atoms. The number of fused-ring (bicyclic) bond motifs is 1. The summed E-state index contributed by atoms with van der Waals surface area (Å²) < 4.78 is 19.2. The molecule has 134 valence electrons. The first-order valence-corrected chi connectivity index (χ1v) is 9.63. The Morgan fingerprint density at radius 2 is 1.96 bits per heavy atom. The standard InChI is InChI=1S/C21H21FN2OS/c1-14-12-25-20-8-5-17(16-3-6-19(22)7-4-16)9-18(20)10-24(14)11-21-15(2)23-13-26-21/h3-9,13-14H,10-12H2,1-2H3/t14-/m0/s1. The smallest absolute Gasteiger partial charge is 0.123 e. The van der Waals surface area contributed by atoms with Crippen LogP contribution >= 0.6 is 11.3 Å². The van der Waals surface area contributed by atoms with Crippen LogP contribution in [0.5, 0.6) is 5.75 Å². The fourth-order valence-electron chi connectivity index (χ4n) is 3.23. The van der Waals surface area contributed by atoms with Crippen LogP contribution in [0.2, 0.25) is 0 Å². The van der Waals surface area contributed by atoms with Gasteiger partial charge in [0.05, 0.1) is 11.2 Å². The number of aryl methyl sites for hydroxylation is 1. The van der Waals surface area contributed by atoms with Crippen LogP contribution in [0, 0.1) is 12.7 Å². The number of thiazole rings is 1. The summed E-state index contributed by atoms with van der Waals surface area (Å²) in [5, 5.41) is 0. The van der Waals surface area contributed by atoms with Gasteiger partial charge in [-0.2, -0.15) is 0 Å². The van der Waals surface area contributed by atoms with Crippen molar-refractivity contribution in [2.24, 2.45) is 0 Å². The van der Waals surface area contributed by atoms with Gasteiger partial charge in [-0.3, -0.25) is 4.90 Å². The molecule has 1 aromatic heterocycles. The van der Waals surface area contributed by atoms with E-state index in [1.807, 2.05) is 29.8 Å². The third-order valence-electron chi connectivity index (χ3n) is 4.91. The van der Waals surface area contributed by atoms with Gasteiger partial charge in [-0.05, 0) is 49.2 Å². The highest BCUT2D eigenvalue weighted by Crippen LogP contribution is 2.31. The molecule has 3 nitrogen and oxygen atoms in total. The van der Waals surface area contributed by atoms with Gasteiger partial charge in [0.25, 0.3) is 0 Å². The van der Waals surface area contributed by atoms with Crippen molar-refractivity contribution >= 4 is 11.3 Å². The number of nitrogens with zero attached hydrogens (tertiary/aromatic N) is 2. The zero-order chi connectivity index (χ0) is 18.1. The normalized spacial score (nSPS) is 17.4. The third-order valence-corrected chi connectivity index (χ3v) is 5.83. The Labute approximate surface area is 157 Å². The first-order valence-electron chi connectivity index (χ1n) is 8.75. The molecule has 0 aliphatic carbocycles. The third kappa shape index (κ3) is 3.50. The van der Waals surface area contributed by atoms with Gasteiger partial charge in [0, 0.05) is 29.6 Å². The molecule has 3 aromatic rings. The van der Waals surface area contributed by atoms with E-state index in [-0.39, 0.29) is 5.82 Å². The lowest BCUT2D eigenvalue weighted by atomic mass is 10.0. The molecule has 26 heavy (non-hydrogen) atoms. The summed E-state index contributed by atoms with van der Waals surface area (Å²) >= 11 is 1.71. The number of rotatable bonds is 3. The predicted octanol–water partition coefficient (Wildman–Crippen LogP) is 5.04. The van der Waals surface area contributed by atoms with Crippen LogP contribution in [-0.4, -0.2) is 22.5 Å². The van der Waals surface area contributed by atoms with E-state index in [4.69, 9.17) is 4.74 Å². The van der Waals surface area contributed by atoms with E-state index in [0.717, 1.165) is 35.7 Å². The van der Waals surface area contributed by atoms with E-state index in [0.29, 0.717) is 12.6 Å². The molecule has 4 rings (SSSR count). The second kappa shape index (κ2) is 7.17. The van der Waals surface area contributed by atoms with Crippen molar-refractivity contribution in [1.82, 2.24) is 9.88 Å². The minimum atomic E-state index is -0.216. The lowest BCUT2D eigenvalue weighted by Gasteiger charge is -2.25. The van der Waals surface area contributed by atoms with Gasteiger partial charge in [-0.15, -0.1) is 11.3 Å². The van der Waals surface area contributed by atoms with Crippen molar-refractivity contribution in [2.75, 3.05) is 6.61 Å². The summed E-state index contributed by atoms with van der Waals surface area (Å²) in [4.78, 5) is 8.10. The molecule has 1 aliphatic rings. The molecule has 5 heteroatoms. The number of ether oxygens (including phenoxy) is 1. The first-order chi connectivity index (χ1) is 12.6. The number of hydrogen-bond acceptors (Lipinski definition) is 4. The van der Waals surface area contributed by atoms with Gasteiger partial charge in [0.1, 0.15) is 18.2 Å². The number of aromatic nitrogens is 1. The molecule has 1 aliphatic heterocycles. The molecule has 0 radical (unpaired) electrons. The Balaban J connectivity index is 1.63. The van der Waals surface area contributed by atoms with Crippen molar-refractivity contribution in [3.8, 4) is 16.9 Å². The fourth-order valence-corrected chi connectivity index (χ4v) is 4.03. The van der Waals surface area contributed by atoms with Crippen LogP contribution < -0.4 is 4.74 Å². The van der Waals surface area contributed by atoms with Crippen molar-refractivity contribution in [1.29, 1.82) is 0 Å². The summed E-state index contributed by atoms with van der Waals surface area (Å²) in [6.45, 7) is 6.62. The minimum Gasteiger partial charge on any atom is -0.492 e. The van der Waals surface area contributed by atoms with Gasteiger partial charge < -0.3 is 4.74 Å². The zero-order valence-electron chi connectivity index (χ0n) is 14.9. The highest BCUT2D eigenvalue weighted by Gasteiger charge is 2.23. The van der Waals surface area contributed by atoms with Gasteiger partial charge in [-0.25, -0.2) is 9.37 Å². The van der Waals surface area contributed by atoms with Crippen LogP contribution in [0.4, 0.5) is 4.39 Å². The average molecular weight is 368 g/mol.